The highest BCUT2D eigenvalue weighted by Crippen LogP contribution is 2.31. The number of carbonyl (C=O) groups excluding carboxylic acids is 3. The number of benzene rings is 1. The SMILES string of the molecule is O=C(CN1C(=O)COc2ccccc21)NCCC(=O)N1CCc2sccc2C1. The van der Waals surface area contributed by atoms with Gasteiger partial charge in [0.25, 0.3) is 5.91 Å². The van der Waals surface area contributed by atoms with Gasteiger partial charge in [0, 0.05) is 30.9 Å². The Balaban J connectivity index is 1.26. The fraction of sp³-hybridized carbons (Fsp3) is 0.350. The second-order valence-corrected chi connectivity index (χ2v) is 7.77. The van der Waals surface area contributed by atoms with Crippen molar-refractivity contribution in [3.8, 4) is 5.75 Å². The summed E-state index contributed by atoms with van der Waals surface area (Å²) >= 11 is 1.74. The van der Waals surface area contributed by atoms with Crippen LogP contribution in [0.25, 0.3) is 0 Å². The average Bonchev–Trinajstić information content (AvgIpc) is 3.18. The molecule has 3 heterocycles. The maximum Gasteiger partial charge on any atom is 0.265 e. The van der Waals surface area contributed by atoms with Gasteiger partial charge in [0.05, 0.1) is 5.69 Å². The summed E-state index contributed by atoms with van der Waals surface area (Å²) in [5.74, 6) is 0.0642. The first-order valence-electron chi connectivity index (χ1n) is 9.24. The molecule has 146 valence electrons. The van der Waals surface area contributed by atoms with Gasteiger partial charge in [0.2, 0.25) is 11.8 Å². The molecule has 0 radical (unpaired) electrons. The molecule has 0 atom stereocenters. The van der Waals surface area contributed by atoms with E-state index in [-0.39, 0.29) is 43.8 Å². The molecule has 0 spiro atoms. The Morgan fingerprint density at radius 2 is 2.07 bits per heavy atom. The quantitative estimate of drug-likeness (QED) is 0.828. The highest BCUT2D eigenvalue weighted by molar-refractivity contribution is 7.10. The molecule has 4 rings (SSSR count). The van der Waals surface area contributed by atoms with E-state index in [1.807, 2.05) is 11.0 Å². The highest BCUT2D eigenvalue weighted by atomic mass is 32.1. The molecule has 2 aliphatic heterocycles. The van der Waals surface area contributed by atoms with Crippen LogP contribution in [0.4, 0.5) is 5.69 Å². The lowest BCUT2D eigenvalue weighted by Gasteiger charge is -2.29. The van der Waals surface area contributed by atoms with E-state index < -0.39 is 0 Å². The Hall–Kier alpha value is -2.87. The fourth-order valence-corrected chi connectivity index (χ4v) is 4.34. The van der Waals surface area contributed by atoms with Crippen LogP contribution in [-0.2, 0) is 27.3 Å². The predicted molar refractivity (Wildman–Crippen MR) is 105 cm³/mol. The Morgan fingerprint density at radius 3 is 2.96 bits per heavy atom. The van der Waals surface area contributed by atoms with Crippen LogP contribution in [-0.4, -0.2) is 48.9 Å². The molecule has 0 fully saturated rings. The fourth-order valence-electron chi connectivity index (χ4n) is 3.46. The zero-order valence-corrected chi connectivity index (χ0v) is 16.2. The van der Waals surface area contributed by atoms with Crippen molar-refractivity contribution >= 4 is 34.7 Å². The summed E-state index contributed by atoms with van der Waals surface area (Å²) < 4.78 is 5.37. The molecule has 28 heavy (non-hydrogen) atoms. The first kappa shape index (κ1) is 18.5. The lowest BCUT2D eigenvalue weighted by Crippen LogP contribution is -2.45. The molecule has 0 unspecified atom stereocenters. The van der Waals surface area contributed by atoms with Crippen molar-refractivity contribution < 1.29 is 19.1 Å². The van der Waals surface area contributed by atoms with Gasteiger partial charge in [0.15, 0.2) is 6.61 Å². The number of carbonyl (C=O) groups is 3. The summed E-state index contributed by atoms with van der Waals surface area (Å²) in [6, 6.07) is 9.19. The van der Waals surface area contributed by atoms with E-state index in [0.29, 0.717) is 18.0 Å². The molecular formula is C20H21N3O4S. The van der Waals surface area contributed by atoms with Crippen molar-refractivity contribution in [2.24, 2.45) is 0 Å². The standard InChI is InChI=1S/C20H21N3O4S/c24-18(12-23-15-3-1-2-4-16(15)27-13-20(23)26)21-8-5-19(25)22-9-6-17-14(11-22)7-10-28-17/h1-4,7,10H,5-6,8-9,11-13H2,(H,21,24). The molecule has 1 aromatic carbocycles. The summed E-state index contributed by atoms with van der Waals surface area (Å²) in [5, 5.41) is 4.81. The van der Waals surface area contributed by atoms with Gasteiger partial charge < -0.3 is 15.0 Å². The number of anilines is 1. The zero-order valence-electron chi connectivity index (χ0n) is 15.3. The molecule has 1 aromatic heterocycles. The van der Waals surface area contributed by atoms with E-state index in [2.05, 4.69) is 16.8 Å². The van der Waals surface area contributed by atoms with Gasteiger partial charge in [-0.25, -0.2) is 0 Å². The van der Waals surface area contributed by atoms with Crippen molar-refractivity contribution in [3.05, 3.63) is 46.2 Å². The van der Waals surface area contributed by atoms with Gasteiger partial charge >= 0.3 is 0 Å². The van der Waals surface area contributed by atoms with Crippen molar-refractivity contribution in [1.82, 2.24) is 10.2 Å². The maximum absolute atomic E-state index is 12.4. The van der Waals surface area contributed by atoms with Crippen LogP contribution in [0.2, 0.25) is 0 Å². The van der Waals surface area contributed by atoms with Crippen LogP contribution in [0.5, 0.6) is 5.75 Å². The first-order chi connectivity index (χ1) is 13.6. The van der Waals surface area contributed by atoms with Gasteiger partial charge in [-0.3, -0.25) is 19.3 Å². The van der Waals surface area contributed by atoms with Crippen molar-refractivity contribution in [3.63, 3.8) is 0 Å². The van der Waals surface area contributed by atoms with Crippen molar-refractivity contribution in [1.29, 1.82) is 0 Å². The molecule has 2 aliphatic rings. The van der Waals surface area contributed by atoms with E-state index in [1.54, 1.807) is 29.5 Å². The lowest BCUT2D eigenvalue weighted by atomic mass is 10.1. The number of rotatable bonds is 5. The van der Waals surface area contributed by atoms with Crippen molar-refractivity contribution in [2.75, 3.05) is 31.1 Å². The molecule has 2 aromatic rings. The van der Waals surface area contributed by atoms with E-state index in [9.17, 15) is 14.4 Å². The number of nitrogens with one attached hydrogen (secondary N) is 1. The Labute approximate surface area is 166 Å². The van der Waals surface area contributed by atoms with Crippen LogP contribution in [0.3, 0.4) is 0 Å². The van der Waals surface area contributed by atoms with E-state index in [1.165, 1.54) is 15.3 Å². The number of ether oxygens (including phenoxy) is 1. The molecule has 0 saturated heterocycles. The number of fused-ring (bicyclic) bond motifs is 2. The second-order valence-electron chi connectivity index (χ2n) is 6.77. The molecule has 0 aliphatic carbocycles. The number of amides is 3. The van der Waals surface area contributed by atoms with Gasteiger partial charge in [-0.2, -0.15) is 0 Å². The number of nitrogens with zero attached hydrogens (tertiary/aromatic N) is 2. The van der Waals surface area contributed by atoms with Gasteiger partial charge in [-0.05, 0) is 35.6 Å². The van der Waals surface area contributed by atoms with Crippen LogP contribution < -0.4 is 15.0 Å². The summed E-state index contributed by atoms with van der Waals surface area (Å²) in [7, 11) is 0. The minimum Gasteiger partial charge on any atom is -0.482 e. The summed E-state index contributed by atoms with van der Waals surface area (Å²) in [6.07, 6.45) is 1.14. The average molecular weight is 399 g/mol. The summed E-state index contributed by atoms with van der Waals surface area (Å²) in [6.45, 7) is 1.45. The maximum atomic E-state index is 12.4. The minimum absolute atomic E-state index is 0.0324. The third-order valence-electron chi connectivity index (χ3n) is 4.93. The summed E-state index contributed by atoms with van der Waals surface area (Å²) in [5.41, 5.74) is 1.81. The predicted octanol–water partition coefficient (Wildman–Crippen LogP) is 1.56. The number of para-hydroxylation sites is 2. The molecule has 8 heteroatoms. The molecule has 0 saturated carbocycles. The van der Waals surface area contributed by atoms with Gasteiger partial charge in [-0.15, -0.1) is 11.3 Å². The summed E-state index contributed by atoms with van der Waals surface area (Å²) in [4.78, 5) is 41.4. The van der Waals surface area contributed by atoms with Crippen molar-refractivity contribution in [2.45, 2.75) is 19.4 Å². The van der Waals surface area contributed by atoms with Crippen LogP contribution in [0.15, 0.2) is 35.7 Å². The molecule has 7 nitrogen and oxygen atoms in total. The second kappa shape index (κ2) is 8.02. The lowest BCUT2D eigenvalue weighted by molar-refractivity contribution is -0.132. The first-order valence-corrected chi connectivity index (χ1v) is 10.1. The number of thiophene rings is 1. The van der Waals surface area contributed by atoms with Crippen LogP contribution in [0.1, 0.15) is 16.9 Å². The van der Waals surface area contributed by atoms with E-state index in [0.717, 1.165) is 13.0 Å². The highest BCUT2D eigenvalue weighted by Gasteiger charge is 2.27. The molecule has 3 amide bonds. The zero-order chi connectivity index (χ0) is 19.5. The largest absolute Gasteiger partial charge is 0.482 e. The Bertz CT molecular complexity index is 910. The van der Waals surface area contributed by atoms with Crippen LogP contribution in [0, 0.1) is 0 Å². The van der Waals surface area contributed by atoms with Gasteiger partial charge in [-0.1, -0.05) is 12.1 Å². The molecule has 1 N–H and O–H groups in total. The smallest absolute Gasteiger partial charge is 0.265 e. The topological polar surface area (TPSA) is 79.0 Å². The van der Waals surface area contributed by atoms with Crippen LogP contribution >= 0.6 is 11.3 Å². The number of hydrogen-bond acceptors (Lipinski definition) is 5. The van der Waals surface area contributed by atoms with E-state index in [4.69, 9.17) is 4.74 Å². The minimum atomic E-state index is -0.295. The number of hydrogen-bond donors (Lipinski definition) is 1. The third-order valence-corrected chi connectivity index (χ3v) is 5.95. The van der Waals surface area contributed by atoms with Gasteiger partial charge in [0.1, 0.15) is 12.3 Å². The normalized spacial score (nSPS) is 15.5. The Morgan fingerprint density at radius 1 is 1.21 bits per heavy atom. The van der Waals surface area contributed by atoms with E-state index >= 15 is 0 Å². The Kier molecular flexibility index (Phi) is 5.29. The monoisotopic (exact) mass is 399 g/mol. The molecule has 0 bridgehead atoms. The molecular weight excluding hydrogens is 378 g/mol. The third kappa shape index (κ3) is 3.87.